The van der Waals surface area contributed by atoms with Crippen molar-refractivity contribution >= 4 is 5.91 Å². The summed E-state index contributed by atoms with van der Waals surface area (Å²) in [5, 5.41) is 7.61. The normalized spacial score (nSPS) is 17.5. The molecule has 2 aromatic rings. The number of amides is 1. The summed E-state index contributed by atoms with van der Waals surface area (Å²) in [6.07, 6.45) is 5.28. The van der Waals surface area contributed by atoms with Gasteiger partial charge >= 0.3 is 0 Å². The number of hydrogen-bond donors (Lipinski definition) is 1. The van der Waals surface area contributed by atoms with Crippen molar-refractivity contribution in [2.24, 2.45) is 7.05 Å². The number of hydrogen-bond acceptors (Lipinski definition) is 4. The van der Waals surface area contributed by atoms with E-state index in [1.54, 1.807) is 11.8 Å². The van der Waals surface area contributed by atoms with Gasteiger partial charge in [-0.05, 0) is 24.1 Å². The van der Waals surface area contributed by atoms with Crippen molar-refractivity contribution in [1.29, 1.82) is 0 Å². The van der Waals surface area contributed by atoms with Gasteiger partial charge in [0.1, 0.15) is 5.75 Å². The Kier molecular flexibility index (Phi) is 5.15. The van der Waals surface area contributed by atoms with E-state index in [4.69, 9.17) is 4.74 Å². The van der Waals surface area contributed by atoms with Crippen LogP contribution in [-0.2, 0) is 24.8 Å². The molecule has 0 aliphatic carbocycles. The maximum atomic E-state index is 12.2. The van der Waals surface area contributed by atoms with Gasteiger partial charge in [-0.15, -0.1) is 0 Å². The van der Waals surface area contributed by atoms with E-state index in [0.29, 0.717) is 6.42 Å². The first-order valence-electron chi connectivity index (χ1n) is 8.25. The maximum Gasteiger partial charge on any atom is 0.224 e. The molecule has 3 rings (SSSR count). The monoisotopic (exact) mass is 328 g/mol. The molecule has 1 saturated heterocycles. The topological polar surface area (TPSA) is 59.4 Å². The molecule has 1 aromatic heterocycles. The molecule has 1 atom stereocenters. The van der Waals surface area contributed by atoms with Crippen LogP contribution in [0.25, 0.3) is 0 Å². The predicted molar refractivity (Wildman–Crippen MR) is 91.7 cm³/mol. The number of aromatic nitrogens is 2. The first-order valence-corrected chi connectivity index (χ1v) is 8.25. The Morgan fingerprint density at radius 2 is 2.08 bits per heavy atom. The largest absolute Gasteiger partial charge is 0.497 e. The molecule has 1 aromatic carbocycles. The number of ether oxygens (including phenoxy) is 1. The van der Waals surface area contributed by atoms with E-state index in [2.05, 4.69) is 22.5 Å². The third kappa shape index (κ3) is 4.14. The number of nitrogens with one attached hydrogen (secondary N) is 1. The summed E-state index contributed by atoms with van der Waals surface area (Å²) in [6.45, 7) is 2.28. The Morgan fingerprint density at radius 1 is 1.29 bits per heavy atom. The summed E-state index contributed by atoms with van der Waals surface area (Å²) < 4.78 is 6.95. The van der Waals surface area contributed by atoms with Crippen molar-refractivity contribution in [3.63, 3.8) is 0 Å². The van der Waals surface area contributed by atoms with E-state index in [1.165, 1.54) is 5.56 Å². The highest BCUT2D eigenvalue weighted by Crippen LogP contribution is 2.15. The van der Waals surface area contributed by atoms with Gasteiger partial charge < -0.3 is 15.0 Å². The van der Waals surface area contributed by atoms with E-state index in [0.717, 1.165) is 37.4 Å². The van der Waals surface area contributed by atoms with Gasteiger partial charge in [0.25, 0.3) is 0 Å². The second-order valence-electron chi connectivity index (χ2n) is 6.24. The van der Waals surface area contributed by atoms with Crippen LogP contribution in [0.1, 0.15) is 17.5 Å². The summed E-state index contributed by atoms with van der Waals surface area (Å²) in [6, 6.07) is 8.24. The molecule has 1 aliphatic heterocycles. The fourth-order valence-electron chi connectivity index (χ4n) is 3.01. The lowest BCUT2D eigenvalue weighted by molar-refractivity contribution is -0.127. The van der Waals surface area contributed by atoms with Crippen molar-refractivity contribution in [2.75, 3.05) is 20.2 Å². The zero-order valence-corrected chi connectivity index (χ0v) is 14.2. The van der Waals surface area contributed by atoms with Crippen LogP contribution in [-0.4, -0.2) is 46.8 Å². The second-order valence-corrected chi connectivity index (χ2v) is 6.24. The molecule has 0 unspecified atom stereocenters. The quantitative estimate of drug-likeness (QED) is 0.834. The molecule has 6 nitrogen and oxygen atoms in total. The zero-order chi connectivity index (χ0) is 16.9. The van der Waals surface area contributed by atoms with Crippen molar-refractivity contribution in [2.45, 2.75) is 25.4 Å². The third-order valence-corrected chi connectivity index (χ3v) is 4.40. The van der Waals surface area contributed by atoms with Gasteiger partial charge in [0.15, 0.2) is 0 Å². The highest BCUT2D eigenvalue weighted by Gasteiger charge is 2.28. The first kappa shape index (κ1) is 16.5. The Balaban J connectivity index is 1.45. The van der Waals surface area contributed by atoms with Crippen LogP contribution in [0, 0.1) is 0 Å². The highest BCUT2D eigenvalue weighted by atomic mass is 16.5. The maximum absolute atomic E-state index is 12.2. The number of carbonyl (C=O) groups excluding carboxylic acids is 1. The molecule has 0 saturated carbocycles. The molecule has 0 spiro atoms. The van der Waals surface area contributed by atoms with Crippen LogP contribution in [0.4, 0.5) is 0 Å². The predicted octanol–water partition coefficient (Wildman–Crippen LogP) is 1.36. The van der Waals surface area contributed by atoms with E-state index in [9.17, 15) is 4.79 Å². The van der Waals surface area contributed by atoms with E-state index < -0.39 is 0 Å². The van der Waals surface area contributed by atoms with E-state index in [-0.39, 0.29) is 11.9 Å². The molecule has 6 heteroatoms. The number of rotatable bonds is 7. The highest BCUT2D eigenvalue weighted by molar-refractivity contribution is 5.79. The first-order chi connectivity index (χ1) is 11.6. The average Bonchev–Trinajstić information content (AvgIpc) is 3.17. The number of nitrogens with zero attached hydrogens (tertiary/aromatic N) is 3. The zero-order valence-electron chi connectivity index (χ0n) is 14.2. The number of aryl methyl sites for hydroxylation is 1. The van der Waals surface area contributed by atoms with Gasteiger partial charge in [-0.25, -0.2) is 0 Å². The van der Waals surface area contributed by atoms with Crippen molar-refractivity contribution in [1.82, 2.24) is 20.0 Å². The fourth-order valence-corrected chi connectivity index (χ4v) is 3.01. The molecule has 24 heavy (non-hydrogen) atoms. The molecule has 0 radical (unpaired) electrons. The Labute approximate surface area is 142 Å². The van der Waals surface area contributed by atoms with Gasteiger partial charge in [0.05, 0.1) is 13.3 Å². The molecule has 1 fully saturated rings. The lowest BCUT2D eigenvalue weighted by Gasteiger charge is -2.17. The minimum Gasteiger partial charge on any atom is -0.497 e. The molecule has 1 aliphatic rings. The molecule has 2 heterocycles. The Morgan fingerprint density at radius 3 is 2.75 bits per heavy atom. The van der Waals surface area contributed by atoms with E-state index in [1.807, 2.05) is 36.5 Å². The molecular weight excluding hydrogens is 304 g/mol. The SMILES string of the molecule is COc1ccc(CCN2C[C@@H](NCc3cnn(C)c3)CC2=O)cc1. The summed E-state index contributed by atoms with van der Waals surface area (Å²) in [4.78, 5) is 14.1. The number of methoxy groups -OCH3 is 1. The Bertz CT molecular complexity index is 681. The second kappa shape index (κ2) is 7.49. The summed E-state index contributed by atoms with van der Waals surface area (Å²) >= 11 is 0. The molecule has 1 N–H and O–H groups in total. The molecule has 0 bridgehead atoms. The third-order valence-electron chi connectivity index (χ3n) is 4.40. The van der Waals surface area contributed by atoms with Crippen molar-refractivity contribution in [3.05, 3.63) is 47.8 Å². The average molecular weight is 328 g/mol. The fraction of sp³-hybridized carbons (Fsp3) is 0.444. The van der Waals surface area contributed by atoms with Crippen LogP contribution in [0.3, 0.4) is 0 Å². The molecule has 1 amide bonds. The van der Waals surface area contributed by atoms with Gasteiger partial charge in [0, 0.05) is 50.9 Å². The lowest BCUT2D eigenvalue weighted by atomic mass is 10.1. The minimum absolute atomic E-state index is 0.216. The van der Waals surface area contributed by atoms with Crippen LogP contribution < -0.4 is 10.1 Å². The number of likely N-dealkylation sites (tertiary alicyclic amines) is 1. The standard InChI is InChI=1S/C18H24N4O2/c1-21-12-15(11-20-21)10-19-16-9-18(23)22(13-16)8-7-14-3-5-17(24-2)6-4-14/h3-6,11-12,16,19H,7-10,13H2,1-2H3/t16-/m0/s1. The van der Waals surface area contributed by atoms with E-state index >= 15 is 0 Å². The van der Waals surface area contributed by atoms with Gasteiger partial charge in [-0.1, -0.05) is 12.1 Å². The summed E-state index contributed by atoms with van der Waals surface area (Å²) in [5.74, 6) is 1.09. The van der Waals surface area contributed by atoms with Gasteiger partial charge in [-0.3, -0.25) is 9.48 Å². The van der Waals surface area contributed by atoms with Crippen molar-refractivity contribution in [3.8, 4) is 5.75 Å². The van der Waals surface area contributed by atoms with Crippen LogP contribution in [0.15, 0.2) is 36.7 Å². The molecular formula is C18H24N4O2. The Hall–Kier alpha value is -2.34. The number of carbonyl (C=O) groups is 1. The summed E-state index contributed by atoms with van der Waals surface area (Å²) in [5.41, 5.74) is 2.36. The van der Waals surface area contributed by atoms with Gasteiger partial charge in [0.2, 0.25) is 5.91 Å². The smallest absolute Gasteiger partial charge is 0.224 e. The number of benzene rings is 1. The van der Waals surface area contributed by atoms with Gasteiger partial charge in [-0.2, -0.15) is 5.10 Å². The lowest BCUT2D eigenvalue weighted by Crippen LogP contribution is -2.33. The molecule has 128 valence electrons. The van der Waals surface area contributed by atoms with Crippen LogP contribution in [0.2, 0.25) is 0 Å². The summed E-state index contributed by atoms with van der Waals surface area (Å²) in [7, 11) is 3.57. The van der Waals surface area contributed by atoms with Crippen LogP contribution >= 0.6 is 0 Å². The van der Waals surface area contributed by atoms with Crippen molar-refractivity contribution < 1.29 is 9.53 Å². The minimum atomic E-state index is 0.216. The van der Waals surface area contributed by atoms with Crippen LogP contribution in [0.5, 0.6) is 5.75 Å².